The quantitative estimate of drug-likeness (QED) is 0.707. The number of nitrogens with zero attached hydrogens (tertiary/aromatic N) is 2. The number of ketones is 1. The number of aromatic nitrogens is 1. The third-order valence-electron chi connectivity index (χ3n) is 7.08. The number of allylic oxidation sites excluding steroid dienone is 2. The van der Waals surface area contributed by atoms with Crippen LogP contribution in [0.1, 0.15) is 44.9 Å². The van der Waals surface area contributed by atoms with E-state index in [0.29, 0.717) is 29.5 Å². The number of carbonyl (C=O) groups is 3. The van der Waals surface area contributed by atoms with Crippen LogP contribution in [0.3, 0.4) is 0 Å². The third-order valence-corrected chi connectivity index (χ3v) is 7.08. The van der Waals surface area contributed by atoms with E-state index in [1.807, 2.05) is 18.2 Å². The summed E-state index contributed by atoms with van der Waals surface area (Å²) in [5, 5.41) is 3.69. The van der Waals surface area contributed by atoms with Crippen LogP contribution in [-0.2, 0) is 4.79 Å². The molecule has 3 amide bonds. The third kappa shape index (κ3) is 3.73. The minimum atomic E-state index is -0.606. The molecule has 5 rings (SSSR count). The van der Waals surface area contributed by atoms with Gasteiger partial charge in [0.15, 0.2) is 5.78 Å². The summed E-state index contributed by atoms with van der Waals surface area (Å²) < 4.78 is 1.33. The van der Waals surface area contributed by atoms with Gasteiger partial charge in [0.25, 0.3) is 0 Å². The summed E-state index contributed by atoms with van der Waals surface area (Å²) in [5.41, 5.74) is 6.66. The lowest BCUT2D eigenvalue weighted by Crippen LogP contribution is -2.45. The van der Waals surface area contributed by atoms with E-state index in [1.165, 1.54) is 4.57 Å². The summed E-state index contributed by atoms with van der Waals surface area (Å²) >= 11 is 0. The molecule has 2 aromatic rings. The zero-order valence-electron chi connectivity index (χ0n) is 17.5. The molecule has 3 aliphatic rings. The van der Waals surface area contributed by atoms with Crippen molar-refractivity contribution in [2.75, 3.05) is 5.32 Å². The molecule has 3 N–H and O–H groups in total. The average molecular weight is 421 g/mol. The molecule has 1 aromatic heterocycles. The number of benzene rings is 1. The molecular formula is C24H28N4O3. The van der Waals surface area contributed by atoms with Crippen molar-refractivity contribution in [3.8, 4) is 0 Å². The molecule has 1 aromatic carbocycles. The van der Waals surface area contributed by atoms with Gasteiger partial charge in [-0.2, -0.15) is 0 Å². The fourth-order valence-electron chi connectivity index (χ4n) is 5.31. The number of anilines is 1. The number of rotatable bonds is 5. The number of nitrogens with one attached hydrogen (secondary N) is 1. The van der Waals surface area contributed by atoms with Gasteiger partial charge in [-0.3, -0.25) is 9.36 Å². The SMILES string of the molecule is NC(=O)n1cc(NC(=O)N2[C@@H]3C[C@@H]3C[C@H]2C(=O)CCC2CC=CCC2)c2ccccc21. The molecule has 1 unspecified atom stereocenters. The van der Waals surface area contributed by atoms with E-state index in [4.69, 9.17) is 5.73 Å². The summed E-state index contributed by atoms with van der Waals surface area (Å²) in [4.78, 5) is 39.8. The Morgan fingerprint density at radius 2 is 1.97 bits per heavy atom. The fraction of sp³-hybridized carbons (Fsp3) is 0.458. The molecule has 1 aliphatic heterocycles. The summed E-state index contributed by atoms with van der Waals surface area (Å²) in [6, 6.07) is 6.23. The van der Waals surface area contributed by atoms with Crippen LogP contribution in [0.25, 0.3) is 10.9 Å². The van der Waals surface area contributed by atoms with Gasteiger partial charge in [0.2, 0.25) is 0 Å². The van der Waals surface area contributed by atoms with Crippen molar-refractivity contribution < 1.29 is 14.4 Å². The topological polar surface area (TPSA) is 97.4 Å². The normalized spacial score (nSPS) is 26.6. The predicted molar refractivity (Wildman–Crippen MR) is 119 cm³/mol. The van der Waals surface area contributed by atoms with Crippen LogP contribution in [0.15, 0.2) is 42.6 Å². The number of hydrogen-bond donors (Lipinski definition) is 2. The van der Waals surface area contributed by atoms with Crippen molar-refractivity contribution >= 4 is 34.4 Å². The molecule has 0 radical (unpaired) electrons. The summed E-state index contributed by atoms with van der Waals surface area (Å²) in [5.74, 6) is 1.19. The highest BCUT2D eigenvalue weighted by Crippen LogP contribution is 2.48. The number of fused-ring (bicyclic) bond motifs is 2. The van der Waals surface area contributed by atoms with Crippen molar-refractivity contribution in [1.82, 2.24) is 9.47 Å². The van der Waals surface area contributed by atoms with Crippen molar-refractivity contribution in [2.45, 2.75) is 57.0 Å². The molecule has 4 atom stereocenters. The lowest BCUT2D eigenvalue weighted by atomic mass is 9.88. The first kappa shape index (κ1) is 19.8. The summed E-state index contributed by atoms with van der Waals surface area (Å²) in [7, 11) is 0. The molecule has 162 valence electrons. The van der Waals surface area contributed by atoms with Crippen LogP contribution in [0.2, 0.25) is 0 Å². The Hall–Kier alpha value is -3.09. The van der Waals surface area contributed by atoms with Gasteiger partial charge < -0.3 is 16.0 Å². The number of hydrogen-bond acceptors (Lipinski definition) is 3. The molecule has 2 heterocycles. The smallest absolute Gasteiger partial charge is 0.323 e. The lowest BCUT2D eigenvalue weighted by molar-refractivity contribution is -0.123. The highest BCUT2D eigenvalue weighted by molar-refractivity contribution is 6.05. The maximum absolute atomic E-state index is 13.2. The van der Waals surface area contributed by atoms with E-state index < -0.39 is 6.03 Å². The Balaban J connectivity index is 1.30. The number of primary amides is 1. The molecule has 0 bridgehead atoms. The number of Topliss-reactive ketones (excluding diaryl/α,β-unsaturated/α-hetero) is 1. The largest absolute Gasteiger partial charge is 0.351 e. The first-order valence-corrected chi connectivity index (χ1v) is 11.2. The van der Waals surface area contributed by atoms with Crippen LogP contribution >= 0.6 is 0 Å². The van der Waals surface area contributed by atoms with Crippen LogP contribution in [-0.4, -0.2) is 39.4 Å². The number of carbonyl (C=O) groups excluding carboxylic acids is 3. The fourth-order valence-corrected chi connectivity index (χ4v) is 5.31. The average Bonchev–Trinajstić information content (AvgIpc) is 3.28. The van der Waals surface area contributed by atoms with Crippen molar-refractivity contribution in [2.24, 2.45) is 17.6 Å². The second kappa shape index (κ2) is 7.87. The van der Waals surface area contributed by atoms with Crippen LogP contribution in [0.5, 0.6) is 0 Å². The number of amides is 3. The monoisotopic (exact) mass is 420 g/mol. The minimum Gasteiger partial charge on any atom is -0.351 e. The Morgan fingerprint density at radius 1 is 1.13 bits per heavy atom. The van der Waals surface area contributed by atoms with E-state index in [9.17, 15) is 14.4 Å². The first-order valence-electron chi connectivity index (χ1n) is 11.2. The first-order chi connectivity index (χ1) is 15.0. The molecule has 1 saturated carbocycles. The maximum atomic E-state index is 13.2. The second-order valence-electron chi connectivity index (χ2n) is 9.08. The Kier molecular flexibility index (Phi) is 5.04. The molecule has 31 heavy (non-hydrogen) atoms. The van der Waals surface area contributed by atoms with E-state index in [0.717, 1.165) is 43.9 Å². The minimum absolute atomic E-state index is 0.149. The van der Waals surface area contributed by atoms with Crippen LogP contribution < -0.4 is 11.1 Å². The highest BCUT2D eigenvalue weighted by Gasteiger charge is 2.55. The Morgan fingerprint density at radius 3 is 2.74 bits per heavy atom. The number of urea groups is 1. The van der Waals surface area contributed by atoms with Crippen molar-refractivity contribution in [3.05, 3.63) is 42.6 Å². The van der Waals surface area contributed by atoms with Crippen LogP contribution in [0.4, 0.5) is 15.3 Å². The molecule has 2 aliphatic carbocycles. The Labute approximate surface area is 181 Å². The van der Waals surface area contributed by atoms with Gasteiger partial charge in [-0.25, -0.2) is 9.59 Å². The van der Waals surface area contributed by atoms with Gasteiger partial charge in [-0.05, 0) is 56.4 Å². The zero-order chi connectivity index (χ0) is 21.5. The van der Waals surface area contributed by atoms with E-state index in [-0.39, 0.29) is 23.9 Å². The predicted octanol–water partition coefficient (Wildman–Crippen LogP) is 4.27. The molecule has 1 saturated heterocycles. The molecular weight excluding hydrogens is 392 g/mol. The van der Waals surface area contributed by atoms with Crippen molar-refractivity contribution in [1.29, 1.82) is 0 Å². The van der Waals surface area contributed by atoms with Gasteiger partial charge >= 0.3 is 12.1 Å². The zero-order valence-corrected chi connectivity index (χ0v) is 17.5. The summed E-state index contributed by atoms with van der Waals surface area (Å²) in [6.45, 7) is 0. The van der Waals surface area contributed by atoms with Crippen molar-refractivity contribution in [3.63, 3.8) is 0 Å². The maximum Gasteiger partial charge on any atom is 0.323 e. The summed E-state index contributed by atoms with van der Waals surface area (Å²) in [6.07, 6.45) is 12.4. The van der Waals surface area contributed by atoms with Gasteiger partial charge in [0, 0.05) is 24.0 Å². The molecule has 7 nitrogen and oxygen atoms in total. The number of likely N-dealkylation sites (tertiary alicyclic amines) is 1. The van der Waals surface area contributed by atoms with Gasteiger partial charge in [0.05, 0.1) is 17.2 Å². The lowest BCUT2D eigenvalue weighted by Gasteiger charge is -2.27. The standard InChI is InChI=1S/C24H28N4O3/c25-23(30)27-14-18(17-8-4-5-9-19(17)27)26-24(31)28-20-12-16(20)13-21(28)22(29)11-10-15-6-2-1-3-7-15/h1-2,4-5,8-9,14-16,20-21H,3,6-7,10-13H2,(H2,25,30)(H,26,31)/t15?,16-,20-,21+/m1/s1. The molecule has 7 heteroatoms. The second-order valence-corrected chi connectivity index (χ2v) is 9.08. The van der Waals surface area contributed by atoms with E-state index >= 15 is 0 Å². The Bertz CT molecular complexity index is 1070. The highest BCUT2D eigenvalue weighted by atomic mass is 16.2. The van der Waals surface area contributed by atoms with E-state index in [2.05, 4.69) is 17.5 Å². The number of para-hydroxylation sites is 1. The number of piperidine rings is 1. The molecule has 2 fully saturated rings. The van der Waals surface area contributed by atoms with Gasteiger partial charge in [-0.1, -0.05) is 30.4 Å². The van der Waals surface area contributed by atoms with E-state index in [1.54, 1.807) is 17.2 Å². The number of nitrogens with two attached hydrogens (primary N) is 1. The van der Waals surface area contributed by atoms with Gasteiger partial charge in [-0.15, -0.1) is 0 Å². The van der Waals surface area contributed by atoms with Crippen LogP contribution in [0, 0.1) is 11.8 Å². The van der Waals surface area contributed by atoms with Gasteiger partial charge in [0.1, 0.15) is 0 Å². The molecule has 0 spiro atoms.